The van der Waals surface area contributed by atoms with Crippen molar-refractivity contribution in [1.29, 1.82) is 0 Å². The van der Waals surface area contributed by atoms with Crippen molar-refractivity contribution >= 4 is 34.9 Å². The van der Waals surface area contributed by atoms with E-state index in [1.54, 1.807) is 23.9 Å². The lowest BCUT2D eigenvalue weighted by Gasteiger charge is -2.09. The summed E-state index contributed by atoms with van der Waals surface area (Å²) in [5.74, 6) is 0.368. The molecule has 31 heavy (non-hydrogen) atoms. The van der Waals surface area contributed by atoms with Crippen LogP contribution >= 0.6 is 11.6 Å². The minimum absolute atomic E-state index is 0.302. The van der Waals surface area contributed by atoms with Gasteiger partial charge in [-0.1, -0.05) is 60.1 Å². The van der Waals surface area contributed by atoms with Crippen LogP contribution < -0.4 is 16.7 Å². The monoisotopic (exact) mass is 436 g/mol. The average Bonchev–Trinajstić information content (AvgIpc) is 3.15. The van der Waals surface area contributed by atoms with Gasteiger partial charge in [0.2, 0.25) is 5.95 Å². The maximum Gasteiger partial charge on any atom is 0.332 e. The molecule has 4 rings (SSSR count). The average molecular weight is 437 g/mol. The lowest BCUT2D eigenvalue weighted by Crippen LogP contribution is -2.37. The number of nitrogens with zero attached hydrogens (tertiary/aromatic N) is 5. The van der Waals surface area contributed by atoms with Gasteiger partial charge in [-0.25, -0.2) is 10.2 Å². The highest BCUT2D eigenvalue weighted by Crippen LogP contribution is 2.17. The SMILES string of the molecule is Cn1c(=O)c2c(nc(N/N=C/c3ccccc3Cl)n2CCc2ccccc2)n(C)c1=O. The Balaban J connectivity index is 1.76. The number of hydrogen-bond donors (Lipinski definition) is 1. The molecule has 0 spiro atoms. The second-order valence-electron chi connectivity index (χ2n) is 7.09. The Morgan fingerprint density at radius 2 is 1.74 bits per heavy atom. The molecule has 0 aliphatic carbocycles. The normalized spacial score (nSPS) is 11.5. The summed E-state index contributed by atoms with van der Waals surface area (Å²) >= 11 is 6.17. The number of nitrogens with one attached hydrogen (secondary N) is 1. The summed E-state index contributed by atoms with van der Waals surface area (Å²) in [6.45, 7) is 0.484. The van der Waals surface area contributed by atoms with E-state index in [-0.39, 0.29) is 0 Å². The quantitative estimate of drug-likeness (QED) is 0.372. The van der Waals surface area contributed by atoms with Crippen molar-refractivity contribution in [1.82, 2.24) is 18.7 Å². The van der Waals surface area contributed by atoms with E-state index in [2.05, 4.69) is 15.5 Å². The molecule has 2 aromatic heterocycles. The molecule has 0 bridgehead atoms. The molecule has 0 fully saturated rings. The summed E-state index contributed by atoms with van der Waals surface area (Å²) in [5, 5.41) is 4.82. The molecule has 0 unspecified atom stereocenters. The molecule has 0 radical (unpaired) electrons. The number of aryl methyl sites for hydroxylation is 3. The number of aromatic nitrogens is 4. The number of hydrazone groups is 1. The fraction of sp³-hybridized carbons (Fsp3) is 0.182. The number of rotatable bonds is 6. The van der Waals surface area contributed by atoms with Crippen molar-refractivity contribution in [2.45, 2.75) is 13.0 Å². The van der Waals surface area contributed by atoms with Gasteiger partial charge in [0, 0.05) is 31.2 Å². The van der Waals surface area contributed by atoms with E-state index in [4.69, 9.17) is 11.6 Å². The maximum atomic E-state index is 12.9. The lowest BCUT2D eigenvalue weighted by molar-refractivity contribution is 0.687. The van der Waals surface area contributed by atoms with Gasteiger partial charge in [0.15, 0.2) is 11.2 Å². The van der Waals surface area contributed by atoms with Crippen LogP contribution in [0.1, 0.15) is 11.1 Å². The molecular formula is C22H21ClN6O2. The number of benzene rings is 2. The van der Waals surface area contributed by atoms with Gasteiger partial charge < -0.3 is 4.57 Å². The molecule has 4 aromatic rings. The highest BCUT2D eigenvalue weighted by atomic mass is 35.5. The van der Waals surface area contributed by atoms with Crippen LogP contribution in [0.4, 0.5) is 5.95 Å². The van der Waals surface area contributed by atoms with Crippen LogP contribution in [0.2, 0.25) is 5.02 Å². The van der Waals surface area contributed by atoms with Gasteiger partial charge in [-0.15, -0.1) is 0 Å². The summed E-state index contributed by atoms with van der Waals surface area (Å²) in [6.07, 6.45) is 2.27. The van der Waals surface area contributed by atoms with Crippen LogP contribution in [-0.2, 0) is 27.1 Å². The Morgan fingerprint density at radius 3 is 2.48 bits per heavy atom. The van der Waals surface area contributed by atoms with E-state index < -0.39 is 11.2 Å². The fourth-order valence-electron chi connectivity index (χ4n) is 3.37. The van der Waals surface area contributed by atoms with Crippen LogP contribution in [0.15, 0.2) is 69.3 Å². The van der Waals surface area contributed by atoms with Crippen LogP contribution in [0.5, 0.6) is 0 Å². The van der Waals surface area contributed by atoms with Crippen molar-refractivity contribution in [3.63, 3.8) is 0 Å². The highest BCUT2D eigenvalue weighted by Gasteiger charge is 2.19. The van der Waals surface area contributed by atoms with E-state index in [0.717, 1.165) is 15.7 Å². The summed E-state index contributed by atoms with van der Waals surface area (Å²) < 4.78 is 4.20. The third kappa shape index (κ3) is 4.02. The maximum absolute atomic E-state index is 12.9. The van der Waals surface area contributed by atoms with Gasteiger partial charge in [-0.05, 0) is 18.1 Å². The first kappa shape index (κ1) is 20.6. The molecule has 158 valence electrons. The van der Waals surface area contributed by atoms with Crippen LogP contribution in [0.25, 0.3) is 11.2 Å². The van der Waals surface area contributed by atoms with Crippen molar-refractivity contribution < 1.29 is 0 Å². The molecule has 0 saturated heterocycles. The fourth-order valence-corrected chi connectivity index (χ4v) is 3.56. The Hall–Kier alpha value is -3.65. The highest BCUT2D eigenvalue weighted by molar-refractivity contribution is 6.33. The largest absolute Gasteiger partial charge is 0.332 e. The van der Waals surface area contributed by atoms with Gasteiger partial charge in [0.25, 0.3) is 5.56 Å². The smallest absolute Gasteiger partial charge is 0.303 e. The molecule has 2 heterocycles. The number of imidazole rings is 1. The standard InChI is InChI=1S/C22H21ClN6O2/c1-27-19-18(20(30)28(2)22(27)31)29(13-12-15-8-4-3-5-9-15)21(25-19)26-24-14-16-10-6-7-11-17(16)23/h3-11,14H,12-13H2,1-2H3,(H,25,26)/b24-14+. The molecule has 0 atom stereocenters. The van der Waals surface area contributed by atoms with E-state index in [1.165, 1.54) is 11.6 Å². The number of hydrogen-bond acceptors (Lipinski definition) is 5. The van der Waals surface area contributed by atoms with Gasteiger partial charge in [0.05, 0.1) is 6.21 Å². The molecule has 1 N–H and O–H groups in total. The third-order valence-corrected chi connectivity index (χ3v) is 5.43. The summed E-state index contributed by atoms with van der Waals surface area (Å²) in [4.78, 5) is 29.7. The molecule has 0 aliphatic heterocycles. The molecule has 0 saturated carbocycles. The predicted octanol–water partition coefficient (Wildman–Crippen LogP) is 2.78. The first-order chi connectivity index (χ1) is 15.0. The molecule has 8 nitrogen and oxygen atoms in total. The van der Waals surface area contributed by atoms with Crippen LogP contribution in [-0.4, -0.2) is 24.9 Å². The second kappa shape index (κ2) is 8.61. The Labute approximate surface area is 183 Å². The number of halogens is 1. The van der Waals surface area contributed by atoms with Crippen molar-refractivity contribution in [3.05, 3.63) is 91.6 Å². The molecule has 0 aliphatic rings. The third-order valence-electron chi connectivity index (χ3n) is 5.09. The van der Waals surface area contributed by atoms with Crippen molar-refractivity contribution in [3.8, 4) is 0 Å². The van der Waals surface area contributed by atoms with Gasteiger partial charge >= 0.3 is 5.69 Å². The number of anilines is 1. The van der Waals surface area contributed by atoms with E-state index in [0.29, 0.717) is 35.1 Å². The van der Waals surface area contributed by atoms with Gasteiger partial charge in [-0.2, -0.15) is 10.1 Å². The predicted molar refractivity (Wildman–Crippen MR) is 123 cm³/mol. The molecule has 0 amide bonds. The van der Waals surface area contributed by atoms with Crippen molar-refractivity contribution in [2.24, 2.45) is 19.2 Å². The second-order valence-corrected chi connectivity index (χ2v) is 7.50. The summed E-state index contributed by atoms with van der Waals surface area (Å²) in [6, 6.07) is 17.3. The molecular weight excluding hydrogens is 416 g/mol. The zero-order chi connectivity index (χ0) is 22.0. The van der Waals surface area contributed by atoms with E-state index in [9.17, 15) is 9.59 Å². The zero-order valence-corrected chi connectivity index (χ0v) is 17.9. The van der Waals surface area contributed by atoms with Crippen LogP contribution in [0.3, 0.4) is 0 Å². The zero-order valence-electron chi connectivity index (χ0n) is 17.1. The number of fused-ring (bicyclic) bond motifs is 1. The summed E-state index contributed by atoms with van der Waals surface area (Å²) in [5.41, 5.74) is 4.58. The minimum atomic E-state index is -0.434. The van der Waals surface area contributed by atoms with Gasteiger partial charge in [0.1, 0.15) is 0 Å². The van der Waals surface area contributed by atoms with Crippen molar-refractivity contribution in [2.75, 3.05) is 5.43 Å². The van der Waals surface area contributed by atoms with E-state index in [1.807, 2.05) is 48.5 Å². The Morgan fingerprint density at radius 1 is 1.03 bits per heavy atom. The van der Waals surface area contributed by atoms with Gasteiger partial charge in [-0.3, -0.25) is 13.9 Å². The summed E-state index contributed by atoms with van der Waals surface area (Å²) in [7, 11) is 3.05. The molecule has 9 heteroatoms. The Kier molecular flexibility index (Phi) is 5.73. The molecule has 2 aromatic carbocycles. The topological polar surface area (TPSA) is 86.2 Å². The van der Waals surface area contributed by atoms with Crippen LogP contribution in [0, 0.1) is 0 Å². The van der Waals surface area contributed by atoms with E-state index >= 15 is 0 Å². The first-order valence-electron chi connectivity index (χ1n) is 9.71. The Bertz CT molecular complexity index is 1390. The lowest BCUT2D eigenvalue weighted by atomic mass is 10.1. The minimum Gasteiger partial charge on any atom is -0.303 e. The first-order valence-corrected chi connectivity index (χ1v) is 10.1.